The van der Waals surface area contributed by atoms with Crippen LogP contribution in [0.3, 0.4) is 0 Å². The van der Waals surface area contributed by atoms with Gasteiger partial charge in [0.2, 0.25) is 0 Å². The fourth-order valence-electron chi connectivity index (χ4n) is 2.27. The predicted molar refractivity (Wildman–Crippen MR) is 68.7 cm³/mol. The molecule has 1 N–H and O–H groups in total. The van der Waals surface area contributed by atoms with E-state index in [2.05, 4.69) is 5.32 Å². The van der Waals surface area contributed by atoms with Crippen molar-refractivity contribution >= 4 is 18.3 Å². The summed E-state index contributed by atoms with van der Waals surface area (Å²) in [7, 11) is 1.92. The Balaban J connectivity index is 0.00000144. The smallest absolute Gasteiger partial charge is 0.290 e. The van der Waals surface area contributed by atoms with Crippen molar-refractivity contribution in [3.8, 4) is 0 Å². The molecular formula is C12H19ClN2O2. The van der Waals surface area contributed by atoms with Gasteiger partial charge in [0.05, 0.1) is 6.26 Å². The number of rotatable bonds is 3. The summed E-state index contributed by atoms with van der Waals surface area (Å²) in [5.74, 6) is 0.517. The van der Waals surface area contributed by atoms with Crippen LogP contribution < -0.4 is 5.32 Å². The lowest BCUT2D eigenvalue weighted by Crippen LogP contribution is -2.40. The highest BCUT2D eigenvalue weighted by Gasteiger charge is 2.30. The molecule has 0 saturated carbocycles. The first-order valence-corrected chi connectivity index (χ1v) is 5.73. The topological polar surface area (TPSA) is 45.5 Å². The number of amides is 1. The summed E-state index contributed by atoms with van der Waals surface area (Å²) >= 11 is 0. The van der Waals surface area contributed by atoms with Gasteiger partial charge >= 0.3 is 0 Å². The Morgan fingerprint density at radius 3 is 3.00 bits per heavy atom. The average Bonchev–Trinajstić information content (AvgIpc) is 2.87. The van der Waals surface area contributed by atoms with E-state index in [1.54, 1.807) is 6.26 Å². The molecule has 0 aromatic carbocycles. The normalized spacial score (nSPS) is 19.2. The van der Waals surface area contributed by atoms with E-state index in [0.29, 0.717) is 11.8 Å². The number of furan rings is 1. The molecule has 1 aliphatic heterocycles. The minimum absolute atomic E-state index is 0. The lowest BCUT2D eigenvalue weighted by atomic mass is 10.2. The van der Waals surface area contributed by atoms with Crippen molar-refractivity contribution in [2.45, 2.75) is 25.8 Å². The maximum absolute atomic E-state index is 12.2. The molecular weight excluding hydrogens is 240 g/mol. The molecule has 1 aliphatic rings. The number of nitrogens with one attached hydrogen (secondary N) is 1. The van der Waals surface area contributed by atoms with Crippen LogP contribution in [0.2, 0.25) is 0 Å². The van der Waals surface area contributed by atoms with E-state index in [-0.39, 0.29) is 18.3 Å². The molecule has 4 nitrogen and oxygen atoms in total. The third-order valence-corrected chi connectivity index (χ3v) is 3.13. The summed E-state index contributed by atoms with van der Waals surface area (Å²) in [6, 6.07) is 2.14. The Morgan fingerprint density at radius 1 is 1.65 bits per heavy atom. The highest BCUT2D eigenvalue weighted by atomic mass is 35.5. The Morgan fingerprint density at radius 2 is 2.41 bits per heavy atom. The van der Waals surface area contributed by atoms with E-state index in [9.17, 15) is 4.79 Å². The lowest BCUT2D eigenvalue weighted by Gasteiger charge is -2.23. The second-order valence-electron chi connectivity index (χ2n) is 4.29. The minimum atomic E-state index is 0. The van der Waals surface area contributed by atoms with Gasteiger partial charge in [0.15, 0.2) is 5.76 Å². The summed E-state index contributed by atoms with van der Waals surface area (Å²) < 4.78 is 5.25. The molecule has 96 valence electrons. The van der Waals surface area contributed by atoms with Crippen molar-refractivity contribution in [1.29, 1.82) is 0 Å². The SMILES string of the molecule is CNCC1CCCN1C(=O)c1occc1C.Cl. The number of aryl methyl sites for hydroxylation is 1. The van der Waals surface area contributed by atoms with Crippen LogP contribution in [0, 0.1) is 6.92 Å². The first-order valence-electron chi connectivity index (χ1n) is 5.73. The van der Waals surface area contributed by atoms with E-state index in [1.807, 2.05) is 24.9 Å². The molecule has 0 aliphatic carbocycles. The van der Waals surface area contributed by atoms with E-state index in [4.69, 9.17) is 4.42 Å². The van der Waals surface area contributed by atoms with Crippen LogP contribution in [-0.4, -0.2) is 37.0 Å². The molecule has 1 amide bonds. The number of hydrogen-bond acceptors (Lipinski definition) is 3. The second kappa shape index (κ2) is 6.07. The minimum Gasteiger partial charge on any atom is -0.459 e. The fourth-order valence-corrected chi connectivity index (χ4v) is 2.27. The van der Waals surface area contributed by atoms with Gasteiger partial charge in [-0.25, -0.2) is 0 Å². The van der Waals surface area contributed by atoms with Crippen molar-refractivity contribution in [2.75, 3.05) is 20.1 Å². The molecule has 5 heteroatoms. The molecule has 1 fully saturated rings. The molecule has 2 heterocycles. The summed E-state index contributed by atoms with van der Waals surface area (Å²) in [5, 5.41) is 3.13. The van der Waals surface area contributed by atoms with Gasteiger partial charge in [0.25, 0.3) is 5.91 Å². The van der Waals surface area contributed by atoms with Gasteiger partial charge in [0, 0.05) is 24.7 Å². The third kappa shape index (κ3) is 2.82. The molecule has 0 radical (unpaired) electrons. The second-order valence-corrected chi connectivity index (χ2v) is 4.29. The first-order chi connectivity index (χ1) is 7.74. The molecule has 0 bridgehead atoms. The molecule has 1 aromatic heterocycles. The van der Waals surface area contributed by atoms with E-state index in [0.717, 1.165) is 31.5 Å². The number of hydrogen-bond donors (Lipinski definition) is 1. The van der Waals surface area contributed by atoms with Crippen LogP contribution in [0.1, 0.15) is 29.0 Å². The van der Waals surface area contributed by atoms with Gasteiger partial charge in [-0.3, -0.25) is 4.79 Å². The van der Waals surface area contributed by atoms with Gasteiger partial charge < -0.3 is 14.6 Å². The van der Waals surface area contributed by atoms with Crippen LogP contribution in [-0.2, 0) is 0 Å². The summed E-state index contributed by atoms with van der Waals surface area (Å²) in [6.45, 7) is 3.59. The zero-order valence-corrected chi connectivity index (χ0v) is 11.0. The summed E-state index contributed by atoms with van der Waals surface area (Å²) in [4.78, 5) is 14.1. The van der Waals surface area contributed by atoms with Crippen molar-refractivity contribution in [3.05, 3.63) is 23.7 Å². The number of carbonyl (C=O) groups is 1. The third-order valence-electron chi connectivity index (χ3n) is 3.13. The van der Waals surface area contributed by atoms with E-state index >= 15 is 0 Å². The Kier molecular flexibility index (Phi) is 5.02. The average molecular weight is 259 g/mol. The van der Waals surface area contributed by atoms with Crippen LogP contribution in [0.4, 0.5) is 0 Å². The molecule has 1 aromatic rings. The van der Waals surface area contributed by atoms with Crippen LogP contribution in [0.25, 0.3) is 0 Å². The lowest BCUT2D eigenvalue weighted by molar-refractivity contribution is 0.0704. The van der Waals surface area contributed by atoms with Crippen molar-refractivity contribution in [2.24, 2.45) is 0 Å². The van der Waals surface area contributed by atoms with Gasteiger partial charge in [-0.15, -0.1) is 12.4 Å². The molecule has 1 saturated heterocycles. The Hall–Kier alpha value is -1.00. The van der Waals surface area contributed by atoms with Gasteiger partial charge in [-0.1, -0.05) is 0 Å². The van der Waals surface area contributed by atoms with E-state index < -0.39 is 0 Å². The molecule has 2 rings (SSSR count). The standard InChI is InChI=1S/C12H18N2O2.ClH/c1-9-5-7-16-11(9)12(15)14-6-3-4-10(14)8-13-2;/h5,7,10,13H,3-4,6,8H2,1-2H3;1H. The number of likely N-dealkylation sites (N-methyl/N-ethyl adjacent to an activating group) is 1. The number of nitrogens with zero attached hydrogens (tertiary/aromatic N) is 1. The van der Waals surface area contributed by atoms with Gasteiger partial charge in [0.1, 0.15) is 0 Å². The van der Waals surface area contributed by atoms with E-state index in [1.165, 1.54) is 0 Å². The Bertz CT molecular complexity index is 378. The molecule has 0 spiro atoms. The van der Waals surface area contributed by atoms with Gasteiger partial charge in [-0.2, -0.15) is 0 Å². The number of halogens is 1. The molecule has 17 heavy (non-hydrogen) atoms. The quantitative estimate of drug-likeness (QED) is 0.900. The predicted octanol–water partition coefficient (Wildman–Crippen LogP) is 1.83. The fraction of sp³-hybridized carbons (Fsp3) is 0.583. The Labute approximate surface area is 108 Å². The van der Waals surface area contributed by atoms with Crippen molar-refractivity contribution in [1.82, 2.24) is 10.2 Å². The maximum atomic E-state index is 12.2. The van der Waals surface area contributed by atoms with Crippen molar-refractivity contribution < 1.29 is 9.21 Å². The van der Waals surface area contributed by atoms with Crippen LogP contribution in [0.5, 0.6) is 0 Å². The maximum Gasteiger partial charge on any atom is 0.290 e. The highest BCUT2D eigenvalue weighted by Crippen LogP contribution is 2.21. The number of likely N-dealkylation sites (tertiary alicyclic amines) is 1. The van der Waals surface area contributed by atoms with Crippen molar-refractivity contribution in [3.63, 3.8) is 0 Å². The largest absolute Gasteiger partial charge is 0.459 e. The summed E-state index contributed by atoms with van der Waals surface area (Å²) in [6.07, 6.45) is 3.73. The zero-order valence-electron chi connectivity index (χ0n) is 10.2. The molecule has 1 atom stereocenters. The van der Waals surface area contributed by atoms with Crippen LogP contribution >= 0.6 is 12.4 Å². The summed E-state index contributed by atoms with van der Waals surface area (Å²) in [5.41, 5.74) is 0.917. The number of carbonyl (C=O) groups excluding carboxylic acids is 1. The highest BCUT2D eigenvalue weighted by molar-refractivity contribution is 5.93. The van der Waals surface area contributed by atoms with Crippen LogP contribution in [0.15, 0.2) is 16.7 Å². The zero-order chi connectivity index (χ0) is 11.5. The monoisotopic (exact) mass is 258 g/mol. The molecule has 1 unspecified atom stereocenters. The van der Waals surface area contributed by atoms with Gasteiger partial charge in [-0.05, 0) is 32.9 Å². The first kappa shape index (κ1) is 14.1.